The van der Waals surface area contributed by atoms with Crippen LogP contribution in [0.5, 0.6) is 0 Å². The molecule has 0 heterocycles. The molecular formula is C2H2O3. The Balaban J connectivity index is 3.05. The summed E-state index contributed by atoms with van der Waals surface area (Å²) in [5, 5.41) is 0. The van der Waals surface area contributed by atoms with Gasteiger partial charge in [-0.3, -0.25) is 9.59 Å². The van der Waals surface area contributed by atoms with Gasteiger partial charge in [-0.1, -0.05) is 0 Å². The second-order valence-electron chi connectivity index (χ2n) is 0.297. The van der Waals surface area contributed by atoms with Gasteiger partial charge in [0, 0.05) is 0 Å². The number of ether oxygens (including phenoxy) is 1. The fourth-order valence-electron chi connectivity index (χ4n) is 0.0196. The molecule has 0 bridgehead atoms. The molecule has 0 aliphatic carbocycles. The monoisotopic (exact) mass is 75.0 g/mol. The summed E-state index contributed by atoms with van der Waals surface area (Å²) < 4.78 is 9.27. The Hall–Kier alpha value is -0.860. The number of hydrogen-bond acceptors (Lipinski definition) is 3. The van der Waals surface area contributed by atoms with Gasteiger partial charge in [0.25, 0.3) is 0 Å². The van der Waals surface area contributed by atoms with Crippen molar-refractivity contribution < 1.29 is 15.7 Å². The van der Waals surface area contributed by atoms with E-state index >= 15 is 0 Å². The van der Waals surface area contributed by atoms with Gasteiger partial charge in [-0.25, -0.2) is 0 Å². The molecule has 0 saturated heterocycles. The lowest BCUT2D eigenvalue weighted by molar-refractivity contribution is -0.141. The third-order valence-electron chi connectivity index (χ3n) is 0.0962. The molecule has 28 valence electrons. The van der Waals surface area contributed by atoms with Gasteiger partial charge in [0.1, 0.15) is 0 Å². The summed E-state index contributed by atoms with van der Waals surface area (Å²) in [7, 11) is 0. The highest BCUT2D eigenvalue weighted by Gasteiger charge is 1.58. The van der Waals surface area contributed by atoms with E-state index in [1.54, 1.807) is 0 Å². The summed E-state index contributed by atoms with van der Waals surface area (Å²) >= 11 is 0. The van der Waals surface area contributed by atoms with Gasteiger partial charge in [-0.2, -0.15) is 0 Å². The van der Waals surface area contributed by atoms with Crippen molar-refractivity contribution in [3.63, 3.8) is 0 Å². The Kier molecular flexibility index (Phi) is 1.50. The van der Waals surface area contributed by atoms with Crippen molar-refractivity contribution in [2.45, 2.75) is 0 Å². The van der Waals surface area contributed by atoms with Crippen molar-refractivity contribution in [1.82, 2.24) is 0 Å². The lowest BCUT2D eigenvalue weighted by Gasteiger charge is -1.65. The lowest BCUT2D eigenvalue weighted by Crippen LogP contribution is -1.77. The SMILES string of the molecule is [2H]C(=O)OC=O. The fourth-order valence-corrected chi connectivity index (χ4v) is 0.0196. The molecule has 3 nitrogen and oxygen atoms in total. The summed E-state index contributed by atoms with van der Waals surface area (Å²) in [4.78, 5) is 18.3. The van der Waals surface area contributed by atoms with E-state index < -0.39 is 6.45 Å². The molecule has 0 aliphatic heterocycles. The van der Waals surface area contributed by atoms with Gasteiger partial charge >= 0.3 is 12.9 Å². The molecule has 0 amide bonds. The van der Waals surface area contributed by atoms with Crippen molar-refractivity contribution in [3.8, 4) is 0 Å². The van der Waals surface area contributed by atoms with Crippen LogP contribution in [0.25, 0.3) is 0 Å². The molecule has 5 heavy (non-hydrogen) atoms. The van der Waals surface area contributed by atoms with E-state index in [0.29, 0.717) is 0 Å². The average Bonchev–Trinajstić information content (AvgIpc) is 1.35. The molecule has 0 unspecified atom stereocenters. The van der Waals surface area contributed by atoms with Crippen LogP contribution in [0, 0.1) is 0 Å². The van der Waals surface area contributed by atoms with Gasteiger partial charge in [0.05, 0.1) is 0 Å². The molecule has 0 aromatic heterocycles. The third kappa shape index (κ3) is 3.14. The molecule has 0 aliphatic rings. The largest absolute Gasteiger partial charge is 0.398 e. The van der Waals surface area contributed by atoms with E-state index in [4.69, 9.17) is 6.17 Å². The highest BCUT2D eigenvalue weighted by atomic mass is 16.6. The molecule has 0 aromatic rings. The summed E-state index contributed by atoms with van der Waals surface area (Å²) in [5.41, 5.74) is 0. The molecule has 0 saturated carbocycles. The van der Waals surface area contributed by atoms with Crippen molar-refractivity contribution in [2.24, 2.45) is 0 Å². The maximum atomic E-state index is 9.26. The minimum Gasteiger partial charge on any atom is -0.398 e. The Morgan fingerprint density at radius 2 is 2.40 bits per heavy atom. The molecule has 0 atom stereocenters. The molecule has 0 fully saturated rings. The van der Waals surface area contributed by atoms with Gasteiger partial charge in [-0.15, -0.1) is 0 Å². The first-order valence-corrected chi connectivity index (χ1v) is 0.880. The number of hydrogen-bond donors (Lipinski definition) is 0. The van der Waals surface area contributed by atoms with Crippen LogP contribution in [0.1, 0.15) is 1.37 Å². The predicted molar refractivity (Wildman–Crippen MR) is 13.2 cm³/mol. The maximum absolute atomic E-state index is 9.26. The number of carbonyl (C=O) groups excluding carboxylic acids is 2. The van der Waals surface area contributed by atoms with Crippen LogP contribution >= 0.6 is 0 Å². The van der Waals surface area contributed by atoms with Crippen LogP contribution in [0.2, 0.25) is 0 Å². The van der Waals surface area contributed by atoms with Gasteiger partial charge in [0.2, 0.25) is 0 Å². The van der Waals surface area contributed by atoms with Crippen molar-refractivity contribution in [1.29, 1.82) is 0 Å². The van der Waals surface area contributed by atoms with Crippen LogP contribution in [-0.4, -0.2) is 12.9 Å². The van der Waals surface area contributed by atoms with Crippen molar-refractivity contribution in [3.05, 3.63) is 0 Å². The zero-order valence-electron chi connectivity index (χ0n) is 3.30. The van der Waals surface area contributed by atoms with E-state index in [9.17, 15) is 4.79 Å². The van der Waals surface area contributed by atoms with Gasteiger partial charge in [0.15, 0.2) is 1.37 Å². The Labute approximate surface area is 29.9 Å². The second kappa shape index (κ2) is 3.14. The first-order valence-electron chi connectivity index (χ1n) is 1.38. The molecule has 0 rings (SSSR count). The zero-order valence-corrected chi connectivity index (χ0v) is 2.30. The second-order valence-corrected chi connectivity index (χ2v) is 0.297. The maximum Gasteiger partial charge on any atom is 0.300 e. The highest BCUT2D eigenvalue weighted by Crippen LogP contribution is 1.40. The van der Waals surface area contributed by atoms with Crippen LogP contribution in [-0.2, 0) is 14.3 Å². The minimum atomic E-state index is -1.33. The van der Waals surface area contributed by atoms with E-state index in [2.05, 4.69) is 4.74 Å². The Bertz CT molecular complexity index is 69.2. The Morgan fingerprint density at radius 3 is 2.40 bits per heavy atom. The summed E-state index contributed by atoms with van der Waals surface area (Å²) in [6, 6.07) is 0. The Morgan fingerprint density at radius 1 is 1.80 bits per heavy atom. The fraction of sp³-hybridized carbons (Fsp3) is 0. The first-order chi connectivity index (χ1) is 2.77. The smallest absolute Gasteiger partial charge is 0.300 e. The van der Waals surface area contributed by atoms with Gasteiger partial charge in [-0.05, 0) is 0 Å². The van der Waals surface area contributed by atoms with E-state index in [0.717, 1.165) is 0 Å². The first kappa shape index (κ1) is 2.38. The zero-order chi connectivity index (χ0) is 4.99. The number of rotatable bonds is 1. The van der Waals surface area contributed by atoms with E-state index in [-0.39, 0.29) is 6.47 Å². The average molecular weight is 75.0 g/mol. The van der Waals surface area contributed by atoms with Crippen LogP contribution in [0.4, 0.5) is 0 Å². The van der Waals surface area contributed by atoms with Crippen LogP contribution in [0.15, 0.2) is 0 Å². The predicted octanol–water partition coefficient (Wildman–Crippen LogP) is -0.684. The van der Waals surface area contributed by atoms with Crippen molar-refractivity contribution in [2.75, 3.05) is 0 Å². The normalized spacial score (nSPS) is 8.40. The van der Waals surface area contributed by atoms with Gasteiger partial charge < -0.3 is 4.74 Å². The minimum absolute atomic E-state index is 0.0880. The van der Waals surface area contributed by atoms with E-state index in [1.807, 2.05) is 0 Å². The summed E-state index contributed by atoms with van der Waals surface area (Å²) in [6.45, 7) is -0.0880. The van der Waals surface area contributed by atoms with Crippen molar-refractivity contribution >= 4 is 12.9 Å². The lowest BCUT2D eigenvalue weighted by atomic mass is 11.5. The summed E-state index contributed by atoms with van der Waals surface area (Å²) in [5.74, 6) is 0. The molecule has 0 aromatic carbocycles. The summed E-state index contributed by atoms with van der Waals surface area (Å²) in [6.07, 6.45) is -1.33. The molecule has 3 heteroatoms. The quantitative estimate of drug-likeness (QED) is 0.306. The third-order valence-corrected chi connectivity index (χ3v) is 0.0962. The topological polar surface area (TPSA) is 43.4 Å². The van der Waals surface area contributed by atoms with E-state index in [1.165, 1.54) is 0 Å². The van der Waals surface area contributed by atoms with Crippen LogP contribution < -0.4 is 0 Å². The molecule has 0 radical (unpaired) electrons. The van der Waals surface area contributed by atoms with Crippen LogP contribution in [0.3, 0.4) is 0 Å². The molecule has 0 spiro atoms. The molecular weight excluding hydrogens is 72.0 g/mol. The highest BCUT2D eigenvalue weighted by molar-refractivity contribution is 5.55. The standard InChI is InChI=1S/C2H2O3/c3-1-5-2-4/h1-2H/i1D. The molecule has 0 N–H and O–H groups in total. The number of carbonyl (C=O) groups is 2.